The van der Waals surface area contributed by atoms with Gasteiger partial charge in [0.15, 0.2) is 0 Å². The van der Waals surface area contributed by atoms with Gasteiger partial charge in [-0.1, -0.05) is 73.2 Å². The number of fused-ring (bicyclic) bond motifs is 1. The summed E-state index contributed by atoms with van der Waals surface area (Å²) in [7, 11) is 0. The number of aromatic nitrogens is 2. The van der Waals surface area contributed by atoms with Crippen molar-refractivity contribution in [1.82, 2.24) is 14.3 Å². The summed E-state index contributed by atoms with van der Waals surface area (Å²) in [4.78, 5) is 33.2. The molecular formula is C24H23ClN4O2S2. The standard InChI is InChI=1S/C24H23ClN4O2S2/c1-3-4-11-26-20-17(22(30)28-12-7-8-15(2)21(28)27-20)13-19-23(31)29(24(32)33-19)14-16-9-5-6-10-18(16)25/h5-10,12-13,26H,3-4,11,14H2,1-2H3. The molecule has 1 aliphatic heterocycles. The lowest BCUT2D eigenvalue weighted by Gasteiger charge is -2.15. The van der Waals surface area contributed by atoms with Crippen LogP contribution in [-0.2, 0) is 11.3 Å². The average molecular weight is 499 g/mol. The summed E-state index contributed by atoms with van der Waals surface area (Å²) < 4.78 is 1.94. The minimum atomic E-state index is -0.252. The van der Waals surface area contributed by atoms with Gasteiger partial charge in [-0.2, -0.15) is 0 Å². The molecule has 1 amide bonds. The zero-order valence-corrected chi connectivity index (χ0v) is 20.7. The van der Waals surface area contributed by atoms with Gasteiger partial charge in [0.1, 0.15) is 15.8 Å². The van der Waals surface area contributed by atoms with Gasteiger partial charge in [0, 0.05) is 17.8 Å². The van der Waals surface area contributed by atoms with E-state index in [-0.39, 0.29) is 18.0 Å². The molecule has 0 aliphatic carbocycles. The molecule has 4 rings (SSSR count). The van der Waals surface area contributed by atoms with Crippen molar-refractivity contribution in [3.8, 4) is 0 Å². The molecular weight excluding hydrogens is 476 g/mol. The fraction of sp³-hybridized carbons (Fsp3) is 0.250. The molecule has 0 bridgehead atoms. The molecule has 0 atom stereocenters. The van der Waals surface area contributed by atoms with Crippen LogP contribution >= 0.6 is 35.6 Å². The van der Waals surface area contributed by atoms with Crippen LogP contribution < -0.4 is 10.9 Å². The molecule has 3 heterocycles. The van der Waals surface area contributed by atoms with Crippen LogP contribution in [0.15, 0.2) is 52.3 Å². The smallest absolute Gasteiger partial charge is 0.267 e. The van der Waals surface area contributed by atoms with E-state index in [9.17, 15) is 9.59 Å². The molecule has 2 aromatic heterocycles. The van der Waals surface area contributed by atoms with Crippen LogP contribution in [0.5, 0.6) is 0 Å². The Morgan fingerprint density at radius 2 is 2.00 bits per heavy atom. The van der Waals surface area contributed by atoms with Crippen molar-refractivity contribution in [3.05, 3.63) is 79.6 Å². The number of carbonyl (C=O) groups excluding carboxylic acids is 1. The molecule has 1 saturated heterocycles. The van der Waals surface area contributed by atoms with Crippen molar-refractivity contribution in [2.24, 2.45) is 0 Å². The van der Waals surface area contributed by atoms with Crippen LogP contribution in [0.4, 0.5) is 5.82 Å². The maximum Gasteiger partial charge on any atom is 0.267 e. The van der Waals surface area contributed by atoms with Gasteiger partial charge in [0.05, 0.1) is 17.0 Å². The number of aryl methyl sites for hydroxylation is 1. The third kappa shape index (κ3) is 4.83. The van der Waals surface area contributed by atoms with E-state index in [1.807, 2.05) is 37.3 Å². The number of pyridine rings is 1. The van der Waals surface area contributed by atoms with Crippen molar-refractivity contribution in [1.29, 1.82) is 0 Å². The van der Waals surface area contributed by atoms with E-state index in [0.29, 0.717) is 37.8 Å². The molecule has 1 N–H and O–H groups in total. The van der Waals surface area contributed by atoms with Crippen LogP contribution in [0, 0.1) is 6.92 Å². The first-order valence-corrected chi connectivity index (χ1v) is 12.3. The minimum Gasteiger partial charge on any atom is -0.369 e. The Morgan fingerprint density at radius 3 is 2.76 bits per heavy atom. The molecule has 9 heteroatoms. The number of unbranched alkanes of at least 4 members (excludes halogenated alkanes) is 1. The molecule has 1 aromatic carbocycles. The first kappa shape index (κ1) is 23.5. The maximum absolute atomic E-state index is 13.4. The second kappa shape index (κ2) is 10.1. The quantitative estimate of drug-likeness (QED) is 0.272. The van der Waals surface area contributed by atoms with E-state index < -0.39 is 0 Å². The van der Waals surface area contributed by atoms with Crippen LogP contribution in [0.1, 0.15) is 36.5 Å². The van der Waals surface area contributed by atoms with Crippen LogP contribution in [0.25, 0.3) is 11.7 Å². The van der Waals surface area contributed by atoms with Gasteiger partial charge in [-0.15, -0.1) is 0 Å². The van der Waals surface area contributed by atoms with Gasteiger partial charge in [-0.05, 0) is 42.7 Å². The molecule has 3 aromatic rings. The second-order valence-electron chi connectivity index (χ2n) is 7.70. The zero-order chi connectivity index (χ0) is 23.5. The fourth-order valence-corrected chi connectivity index (χ4v) is 4.96. The molecule has 170 valence electrons. The molecule has 1 fully saturated rings. The third-order valence-electron chi connectivity index (χ3n) is 5.34. The zero-order valence-electron chi connectivity index (χ0n) is 18.3. The Balaban J connectivity index is 1.74. The molecule has 0 radical (unpaired) electrons. The Hall–Kier alpha value is -2.68. The molecule has 6 nitrogen and oxygen atoms in total. The summed E-state index contributed by atoms with van der Waals surface area (Å²) in [6, 6.07) is 11.1. The molecule has 33 heavy (non-hydrogen) atoms. The van der Waals surface area contributed by atoms with Gasteiger partial charge in [-0.25, -0.2) is 4.98 Å². The first-order valence-electron chi connectivity index (χ1n) is 10.6. The number of anilines is 1. The Morgan fingerprint density at radius 1 is 1.21 bits per heavy atom. The first-order chi connectivity index (χ1) is 15.9. The second-order valence-corrected chi connectivity index (χ2v) is 9.79. The van der Waals surface area contributed by atoms with Gasteiger partial charge in [0.25, 0.3) is 11.5 Å². The lowest BCUT2D eigenvalue weighted by atomic mass is 10.2. The number of nitrogens with one attached hydrogen (secondary N) is 1. The normalized spacial score (nSPS) is 15.1. The summed E-state index contributed by atoms with van der Waals surface area (Å²) in [5.41, 5.74) is 2.39. The van der Waals surface area contributed by atoms with Gasteiger partial charge in [-0.3, -0.25) is 18.9 Å². The topological polar surface area (TPSA) is 66.7 Å². The summed E-state index contributed by atoms with van der Waals surface area (Å²) >= 11 is 12.9. The highest BCUT2D eigenvalue weighted by Gasteiger charge is 2.33. The van der Waals surface area contributed by atoms with Crippen LogP contribution in [-0.4, -0.2) is 31.1 Å². The number of thiocarbonyl (C=S) groups is 1. The van der Waals surface area contributed by atoms with Gasteiger partial charge < -0.3 is 5.32 Å². The highest BCUT2D eigenvalue weighted by Crippen LogP contribution is 2.34. The Bertz CT molecular complexity index is 1340. The molecule has 1 aliphatic rings. The number of thioether (sulfide) groups is 1. The number of halogens is 1. The monoisotopic (exact) mass is 498 g/mol. The summed E-state index contributed by atoms with van der Waals surface area (Å²) in [6.45, 7) is 4.97. The summed E-state index contributed by atoms with van der Waals surface area (Å²) in [5, 5.41) is 3.85. The van der Waals surface area contributed by atoms with Crippen molar-refractivity contribution in [3.63, 3.8) is 0 Å². The number of amides is 1. The Kier molecular flexibility index (Phi) is 7.17. The maximum atomic E-state index is 13.4. The highest BCUT2D eigenvalue weighted by molar-refractivity contribution is 8.26. The van der Waals surface area contributed by atoms with Crippen molar-refractivity contribution >= 4 is 63.3 Å². The number of benzene rings is 1. The fourth-order valence-electron chi connectivity index (χ4n) is 3.52. The van der Waals surface area contributed by atoms with Crippen LogP contribution in [0.3, 0.4) is 0 Å². The summed E-state index contributed by atoms with van der Waals surface area (Å²) in [5.74, 6) is 0.220. The predicted molar refractivity (Wildman–Crippen MR) is 140 cm³/mol. The van der Waals surface area contributed by atoms with E-state index in [2.05, 4.69) is 12.2 Å². The molecule has 0 spiro atoms. The van der Waals surface area contributed by atoms with Crippen molar-refractivity contribution in [2.45, 2.75) is 33.2 Å². The molecule has 0 saturated carbocycles. The SMILES string of the molecule is CCCCNc1nc2c(C)cccn2c(=O)c1C=C1SC(=S)N(Cc2ccccc2Cl)C1=O. The number of rotatable bonds is 7. The Labute approximate surface area is 206 Å². The lowest BCUT2D eigenvalue weighted by molar-refractivity contribution is -0.122. The number of hydrogen-bond donors (Lipinski definition) is 1. The van der Waals surface area contributed by atoms with E-state index in [4.69, 9.17) is 28.8 Å². The number of nitrogens with zero attached hydrogens (tertiary/aromatic N) is 3. The van der Waals surface area contributed by atoms with E-state index >= 15 is 0 Å². The number of hydrogen-bond acceptors (Lipinski definition) is 6. The van der Waals surface area contributed by atoms with E-state index in [1.165, 1.54) is 21.1 Å². The van der Waals surface area contributed by atoms with E-state index in [0.717, 1.165) is 24.0 Å². The summed E-state index contributed by atoms with van der Waals surface area (Å²) in [6.07, 6.45) is 5.24. The van der Waals surface area contributed by atoms with Gasteiger partial charge in [0.2, 0.25) is 0 Å². The van der Waals surface area contributed by atoms with E-state index in [1.54, 1.807) is 18.3 Å². The van der Waals surface area contributed by atoms with Crippen molar-refractivity contribution in [2.75, 3.05) is 11.9 Å². The predicted octanol–water partition coefficient (Wildman–Crippen LogP) is 5.27. The van der Waals surface area contributed by atoms with Crippen molar-refractivity contribution < 1.29 is 4.79 Å². The highest BCUT2D eigenvalue weighted by atomic mass is 35.5. The number of carbonyl (C=O) groups is 1. The largest absolute Gasteiger partial charge is 0.369 e. The third-order valence-corrected chi connectivity index (χ3v) is 7.09. The average Bonchev–Trinajstić information content (AvgIpc) is 3.06. The lowest BCUT2D eigenvalue weighted by Crippen LogP contribution is -2.27. The minimum absolute atomic E-state index is 0.237. The van der Waals surface area contributed by atoms with Gasteiger partial charge >= 0.3 is 0 Å². The van der Waals surface area contributed by atoms with Crippen LogP contribution in [0.2, 0.25) is 5.02 Å². The molecule has 0 unspecified atom stereocenters.